The van der Waals surface area contributed by atoms with Crippen LogP contribution in [0.2, 0.25) is 0 Å². The molecule has 0 radical (unpaired) electrons. The Morgan fingerprint density at radius 3 is 3.06 bits per heavy atom. The van der Waals surface area contributed by atoms with Crippen LogP contribution in [-0.4, -0.2) is 26.8 Å². The third kappa shape index (κ3) is 1.93. The minimum Gasteiger partial charge on any atom is -0.394 e. The molecule has 0 fully saturated rings. The summed E-state index contributed by atoms with van der Waals surface area (Å²) in [5, 5.41) is 12.6. The van der Waals surface area contributed by atoms with Crippen molar-refractivity contribution >= 4 is 0 Å². The van der Waals surface area contributed by atoms with Crippen molar-refractivity contribution in [1.29, 1.82) is 0 Å². The third-order valence-corrected chi connectivity index (χ3v) is 2.18. The molecule has 16 heavy (non-hydrogen) atoms. The van der Waals surface area contributed by atoms with Gasteiger partial charge in [-0.3, -0.25) is 4.98 Å². The fourth-order valence-electron chi connectivity index (χ4n) is 1.28. The standard InChI is InChI=1S/C10H12N4O2/c1-6-3-2-4-12-8(6)9-13-10(16-14-9)7(11)5-15/h2-4,7,15H,5,11H2,1H3. The first-order valence-electron chi connectivity index (χ1n) is 4.84. The van der Waals surface area contributed by atoms with Crippen LogP contribution in [0.25, 0.3) is 11.5 Å². The molecular formula is C10H12N4O2. The van der Waals surface area contributed by atoms with E-state index in [9.17, 15) is 0 Å². The van der Waals surface area contributed by atoms with Crippen LogP contribution >= 0.6 is 0 Å². The van der Waals surface area contributed by atoms with Crippen LogP contribution in [0.4, 0.5) is 0 Å². The summed E-state index contributed by atoms with van der Waals surface area (Å²) in [6.45, 7) is 1.67. The zero-order valence-corrected chi connectivity index (χ0v) is 8.79. The van der Waals surface area contributed by atoms with Gasteiger partial charge in [-0.2, -0.15) is 4.98 Å². The van der Waals surface area contributed by atoms with Gasteiger partial charge in [-0.25, -0.2) is 0 Å². The Morgan fingerprint density at radius 1 is 1.56 bits per heavy atom. The molecule has 84 valence electrons. The highest BCUT2D eigenvalue weighted by atomic mass is 16.5. The van der Waals surface area contributed by atoms with Gasteiger partial charge in [-0.1, -0.05) is 11.2 Å². The molecule has 0 amide bonds. The summed E-state index contributed by atoms with van der Waals surface area (Å²) < 4.78 is 4.94. The van der Waals surface area contributed by atoms with Crippen molar-refractivity contribution < 1.29 is 9.63 Å². The fourth-order valence-corrected chi connectivity index (χ4v) is 1.28. The SMILES string of the molecule is Cc1cccnc1-c1noc(C(N)CO)n1. The molecule has 2 aromatic heterocycles. The maximum Gasteiger partial charge on any atom is 0.246 e. The highest BCUT2D eigenvalue weighted by molar-refractivity contribution is 5.53. The minimum absolute atomic E-state index is 0.211. The molecule has 0 aromatic carbocycles. The molecule has 2 aromatic rings. The smallest absolute Gasteiger partial charge is 0.246 e. The van der Waals surface area contributed by atoms with E-state index in [0.29, 0.717) is 11.5 Å². The second-order valence-electron chi connectivity index (χ2n) is 3.41. The molecule has 2 heterocycles. The van der Waals surface area contributed by atoms with Crippen molar-refractivity contribution in [3.8, 4) is 11.5 Å². The van der Waals surface area contributed by atoms with Crippen molar-refractivity contribution in [3.63, 3.8) is 0 Å². The average Bonchev–Trinajstić information content (AvgIpc) is 2.78. The lowest BCUT2D eigenvalue weighted by molar-refractivity contribution is 0.237. The second-order valence-corrected chi connectivity index (χ2v) is 3.41. The van der Waals surface area contributed by atoms with E-state index in [-0.39, 0.29) is 12.5 Å². The molecule has 0 spiro atoms. The Kier molecular flexibility index (Phi) is 2.93. The van der Waals surface area contributed by atoms with Crippen LogP contribution in [0.15, 0.2) is 22.9 Å². The number of hydrogen-bond acceptors (Lipinski definition) is 6. The summed E-state index contributed by atoms with van der Waals surface area (Å²) >= 11 is 0. The largest absolute Gasteiger partial charge is 0.394 e. The average molecular weight is 220 g/mol. The van der Waals surface area contributed by atoms with Crippen LogP contribution in [-0.2, 0) is 0 Å². The predicted octanol–water partition coefficient (Wildman–Crippen LogP) is 0.432. The van der Waals surface area contributed by atoms with Crippen molar-refractivity contribution in [2.75, 3.05) is 6.61 Å². The van der Waals surface area contributed by atoms with E-state index in [2.05, 4.69) is 15.1 Å². The Morgan fingerprint density at radius 2 is 2.38 bits per heavy atom. The van der Waals surface area contributed by atoms with E-state index in [4.69, 9.17) is 15.4 Å². The van der Waals surface area contributed by atoms with E-state index in [1.807, 2.05) is 19.1 Å². The van der Waals surface area contributed by atoms with Crippen LogP contribution in [0.1, 0.15) is 17.5 Å². The zero-order chi connectivity index (χ0) is 11.5. The monoisotopic (exact) mass is 220 g/mol. The van der Waals surface area contributed by atoms with E-state index in [1.165, 1.54) is 0 Å². The van der Waals surface area contributed by atoms with E-state index < -0.39 is 6.04 Å². The zero-order valence-electron chi connectivity index (χ0n) is 8.79. The van der Waals surface area contributed by atoms with Crippen molar-refractivity contribution in [1.82, 2.24) is 15.1 Å². The number of aromatic nitrogens is 3. The van der Waals surface area contributed by atoms with Gasteiger partial charge in [0.2, 0.25) is 11.7 Å². The first kappa shape index (κ1) is 10.7. The summed E-state index contributed by atoms with van der Waals surface area (Å²) in [5.41, 5.74) is 7.16. The maximum atomic E-state index is 8.85. The quantitative estimate of drug-likeness (QED) is 0.778. The lowest BCUT2D eigenvalue weighted by Crippen LogP contribution is -2.14. The van der Waals surface area contributed by atoms with E-state index in [1.54, 1.807) is 6.20 Å². The van der Waals surface area contributed by atoms with Gasteiger partial charge < -0.3 is 15.4 Å². The summed E-state index contributed by atoms with van der Waals surface area (Å²) in [4.78, 5) is 8.25. The lowest BCUT2D eigenvalue weighted by Gasteiger charge is -1.99. The number of nitrogens with two attached hydrogens (primary N) is 1. The molecule has 1 unspecified atom stereocenters. The molecule has 0 bridgehead atoms. The minimum atomic E-state index is -0.648. The topological polar surface area (TPSA) is 98.1 Å². The highest BCUT2D eigenvalue weighted by Gasteiger charge is 2.16. The second kappa shape index (κ2) is 4.38. The number of aliphatic hydroxyl groups excluding tert-OH is 1. The molecule has 0 saturated heterocycles. The molecule has 6 nitrogen and oxygen atoms in total. The van der Waals surface area contributed by atoms with Gasteiger partial charge in [0, 0.05) is 6.20 Å². The summed E-state index contributed by atoms with van der Waals surface area (Å²) in [7, 11) is 0. The van der Waals surface area contributed by atoms with Gasteiger partial charge in [0.1, 0.15) is 11.7 Å². The maximum absolute atomic E-state index is 8.85. The predicted molar refractivity (Wildman–Crippen MR) is 56.3 cm³/mol. The van der Waals surface area contributed by atoms with Crippen LogP contribution in [0.5, 0.6) is 0 Å². The fraction of sp³-hybridized carbons (Fsp3) is 0.300. The van der Waals surface area contributed by atoms with Crippen LogP contribution < -0.4 is 5.73 Å². The van der Waals surface area contributed by atoms with Gasteiger partial charge in [0.05, 0.1) is 6.61 Å². The van der Waals surface area contributed by atoms with Gasteiger partial charge in [0.25, 0.3) is 0 Å². The van der Waals surface area contributed by atoms with Crippen molar-refractivity contribution in [2.45, 2.75) is 13.0 Å². The molecular weight excluding hydrogens is 208 g/mol. The normalized spacial score (nSPS) is 12.7. The lowest BCUT2D eigenvalue weighted by atomic mass is 10.2. The van der Waals surface area contributed by atoms with E-state index in [0.717, 1.165) is 5.56 Å². The molecule has 1 atom stereocenters. The Bertz CT molecular complexity index is 483. The van der Waals surface area contributed by atoms with E-state index >= 15 is 0 Å². The molecule has 0 aliphatic carbocycles. The summed E-state index contributed by atoms with van der Waals surface area (Å²) in [6.07, 6.45) is 1.66. The first-order chi connectivity index (χ1) is 7.72. The molecule has 0 saturated carbocycles. The number of hydrogen-bond donors (Lipinski definition) is 2. The van der Waals surface area contributed by atoms with Gasteiger partial charge in [-0.15, -0.1) is 0 Å². The Balaban J connectivity index is 2.35. The van der Waals surface area contributed by atoms with Crippen LogP contribution in [0, 0.1) is 6.92 Å². The molecule has 6 heteroatoms. The highest BCUT2D eigenvalue weighted by Crippen LogP contribution is 2.18. The number of aryl methyl sites for hydroxylation is 1. The van der Waals surface area contributed by atoms with Gasteiger partial charge in [-0.05, 0) is 18.6 Å². The first-order valence-corrected chi connectivity index (χ1v) is 4.84. The molecule has 0 aliphatic heterocycles. The number of pyridine rings is 1. The molecule has 0 aliphatic rings. The number of nitrogens with zero attached hydrogens (tertiary/aromatic N) is 3. The van der Waals surface area contributed by atoms with Crippen molar-refractivity contribution in [3.05, 3.63) is 29.8 Å². The number of rotatable bonds is 3. The third-order valence-electron chi connectivity index (χ3n) is 2.18. The van der Waals surface area contributed by atoms with Crippen molar-refractivity contribution in [2.24, 2.45) is 5.73 Å². The van der Waals surface area contributed by atoms with Gasteiger partial charge >= 0.3 is 0 Å². The Hall–Kier alpha value is -1.79. The van der Waals surface area contributed by atoms with Crippen LogP contribution in [0.3, 0.4) is 0 Å². The summed E-state index contributed by atoms with van der Waals surface area (Å²) in [6, 6.07) is 3.09. The van der Waals surface area contributed by atoms with Gasteiger partial charge in [0.15, 0.2) is 0 Å². The molecule has 2 rings (SSSR count). The molecule has 3 N–H and O–H groups in total. The summed E-state index contributed by atoms with van der Waals surface area (Å²) in [5.74, 6) is 0.597. The number of aliphatic hydroxyl groups is 1. The Labute approximate surface area is 92.1 Å².